The molecule has 1 fully saturated rings. The number of rotatable bonds is 0. The van der Waals surface area contributed by atoms with Gasteiger partial charge in [0.2, 0.25) is 0 Å². The van der Waals surface area contributed by atoms with Crippen LogP contribution in [0, 0.1) is 5.92 Å². The van der Waals surface area contributed by atoms with Gasteiger partial charge < -0.3 is 9.47 Å². The van der Waals surface area contributed by atoms with E-state index in [2.05, 4.69) is 19.6 Å². The van der Waals surface area contributed by atoms with Crippen LogP contribution in [-0.4, -0.2) is 24.1 Å². The lowest BCUT2D eigenvalue weighted by Crippen LogP contribution is -2.16. The first-order chi connectivity index (χ1) is 11.4. The minimum absolute atomic E-state index is 0.0240. The molecule has 4 nitrogen and oxygen atoms in total. The Bertz CT molecular complexity index is 665. The number of ether oxygens (including phenoxy) is 2. The summed E-state index contributed by atoms with van der Waals surface area (Å²) in [6, 6.07) is 0. The summed E-state index contributed by atoms with van der Waals surface area (Å²) < 4.78 is 10.9. The minimum Gasteiger partial charge on any atom is -0.454 e. The molecule has 0 amide bonds. The number of hydrogen-bond donors (Lipinski definition) is 0. The highest BCUT2D eigenvalue weighted by atomic mass is 16.6. The van der Waals surface area contributed by atoms with Crippen LogP contribution in [0.4, 0.5) is 0 Å². The zero-order chi connectivity index (χ0) is 17.3. The molecular formula is C20H24O4. The second-order valence-electron chi connectivity index (χ2n) is 6.98. The van der Waals surface area contributed by atoms with Gasteiger partial charge in [0.1, 0.15) is 12.2 Å². The average molecular weight is 328 g/mol. The van der Waals surface area contributed by atoms with Gasteiger partial charge in [-0.3, -0.25) is 0 Å². The number of fused-ring (bicyclic) bond motifs is 2. The topological polar surface area (TPSA) is 52.6 Å². The van der Waals surface area contributed by atoms with Crippen LogP contribution in [0.25, 0.3) is 0 Å². The van der Waals surface area contributed by atoms with Crippen LogP contribution in [0.2, 0.25) is 0 Å². The monoisotopic (exact) mass is 328 g/mol. The minimum atomic E-state index is -0.297. The predicted octanol–water partition coefficient (Wildman–Crippen LogP) is 3.79. The fourth-order valence-corrected chi connectivity index (χ4v) is 3.57. The van der Waals surface area contributed by atoms with E-state index < -0.39 is 0 Å². The van der Waals surface area contributed by atoms with Gasteiger partial charge in [0.25, 0.3) is 0 Å². The van der Waals surface area contributed by atoms with Gasteiger partial charge >= 0.3 is 11.9 Å². The summed E-state index contributed by atoms with van der Waals surface area (Å²) >= 11 is 0. The lowest BCUT2D eigenvalue weighted by molar-refractivity contribution is -0.139. The van der Waals surface area contributed by atoms with Gasteiger partial charge in [-0.05, 0) is 51.7 Å². The summed E-state index contributed by atoms with van der Waals surface area (Å²) in [7, 11) is 0. The van der Waals surface area contributed by atoms with Gasteiger partial charge in [-0.15, -0.1) is 0 Å². The summed E-state index contributed by atoms with van der Waals surface area (Å²) in [5.41, 5.74) is 3.67. The van der Waals surface area contributed by atoms with Crippen LogP contribution in [0.3, 0.4) is 0 Å². The molecule has 0 saturated carbocycles. The molecule has 0 N–H and O–H groups in total. The Labute approximate surface area is 142 Å². The molecule has 3 atom stereocenters. The first kappa shape index (κ1) is 16.7. The summed E-state index contributed by atoms with van der Waals surface area (Å²) in [6.07, 6.45) is 9.56. The molecule has 2 heterocycles. The zero-order valence-corrected chi connectivity index (χ0v) is 14.3. The number of hydrogen-bond acceptors (Lipinski definition) is 4. The molecule has 2 aliphatic heterocycles. The van der Waals surface area contributed by atoms with Crippen molar-refractivity contribution in [2.24, 2.45) is 5.92 Å². The standard InChI is InChI=1S/C20H24O4/c1-12-5-4-6-15-11-16(23-20(15)22)9-13(2)10-18-17(8-7-12)14(3)19(21)24-18/h5,10-11,16-18H,3-4,6-9H2,1-2H3/b12-5+,13-10+/t16-,17+,18-/m0/s1. The van der Waals surface area contributed by atoms with Crippen LogP contribution < -0.4 is 0 Å². The number of carbonyl (C=O) groups is 2. The molecule has 0 radical (unpaired) electrons. The quantitative estimate of drug-likeness (QED) is 0.386. The van der Waals surface area contributed by atoms with Crippen LogP contribution in [-0.2, 0) is 19.1 Å². The number of carbonyl (C=O) groups excluding carboxylic acids is 2. The largest absolute Gasteiger partial charge is 0.454 e. The summed E-state index contributed by atoms with van der Waals surface area (Å²) in [5, 5.41) is 0. The Morgan fingerprint density at radius 1 is 1.04 bits per heavy atom. The molecular weight excluding hydrogens is 304 g/mol. The molecule has 3 aliphatic rings. The highest BCUT2D eigenvalue weighted by molar-refractivity contribution is 5.91. The number of esters is 2. The maximum atomic E-state index is 11.9. The number of allylic oxidation sites excluding steroid dienone is 2. The maximum Gasteiger partial charge on any atom is 0.334 e. The zero-order valence-electron chi connectivity index (χ0n) is 14.3. The molecule has 0 unspecified atom stereocenters. The Balaban J connectivity index is 1.86. The Morgan fingerprint density at radius 2 is 1.83 bits per heavy atom. The second kappa shape index (κ2) is 6.80. The molecule has 4 heteroatoms. The summed E-state index contributed by atoms with van der Waals surface area (Å²) in [5.74, 6) is -0.474. The maximum absolute atomic E-state index is 11.9. The van der Waals surface area contributed by atoms with Crippen molar-refractivity contribution in [3.63, 3.8) is 0 Å². The fraction of sp³-hybridized carbons (Fsp3) is 0.500. The smallest absolute Gasteiger partial charge is 0.334 e. The highest BCUT2D eigenvalue weighted by Gasteiger charge is 2.37. The SMILES string of the molecule is C=C1C(=O)O[C@H]2/C=C(\C)C[C@H]3C=C(CC/C=C(\C)CC[C@H]12)C(=O)O3. The molecule has 0 spiro atoms. The van der Waals surface area contributed by atoms with E-state index in [1.807, 2.05) is 19.1 Å². The molecule has 3 rings (SSSR count). The van der Waals surface area contributed by atoms with E-state index in [1.165, 1.54) is 5.57 Å². The molecule has 0 aromatic heterocycles. The summed E-state index contributed by atoms with van der Waals surface area (Å²) in [4.78, 5) is 23.8. The highest BCUT2D eigenvalue weighted by Crippen LogP contribution is 2.34. The van der Waals surface area contributed by atoms with Crippen molar-refractivity contribution in [2.75, 3.05) is 0 Å². The third-order valence-corrected chi connectivity index (χ3v) is 4.99. The van der Waals surface area contributed by atoms with E-state index in [1.54, 1.807) is 0 Å². The van der Waals surface area contributed by atoms with Crippen LogP contribution in [0.1, 0.15) is 46.0 Å². The predicted molar refractivity (Wildman–Crippen MR) is 91.1 cm³/mol. The third-order valence-electron chi connectivity index (χ3n) is 4.99. The van der Waals surface area contributed by atoms with Gasteiger partial charge in [-0.25, -0.2) is 9.59 Å². The molecule has 1 saturated heterocycles. The first-order valence-corrected chi connectivity index (χ1v) is 8.58. The second-order valence-corrected chi connectivity index (χ2v) is 6.98. The fourth-order valence-electron chi connectivity index (χ4n) is 3.57. The van der Waals surface area contributed by atoms with Gasteiger partial charge in [0.05, 0.1) is 0 Å². The van der Waals surface area contributed by atoms with Gasteiger partial charge in [-0.2, -0.15) is 0 Å². The van der Waals surface area contributed by atoms with Crippen molar-refractivity contribution in [1.29, 1.82) is 0 Å². The van der Waals surface area contributed by atoms with E-state index >= 15 is 0 Å². The van der Waals surface area contributed by atoms with Crippen molar-refractivity contribution in [2.45, 2.75) is 58.2 Å². The van der Waals surface area contributed by atoms with Crippen molar-refractivity contribution >= 4 is 11.9 Å². The van der Waals surface area contributed by atoms with Gasteiger partial charge in [0, 0.05) is 23.5 Å². The first-order valence-electron chi connectivity index (χ1n) is 8.58. The molecule has 0 aromatic carbocycles. The Kier molecular flexibility index (Phi) is 4.74. The van der Waals surface area contributed by atoms with E-state index in [-0.39, 0.29) is 30.1 Å². The van der Waals surface area contributed by atoms with Crippen LogP contribution in [0.5, 0.6) is 0 Å². The average Bonchev–Trinajstić information content (AvgIpc) is 2.97. The lowest BCUT2D eigenvalue weighted by Gasteiger charge is -2.16. The van der Waals surface area contributed by atoms with E-state index in [4.69, 9.17) is 9.47 Å². The van der Waals surface area contributed by atoms with Crippen LogP contribution >= 0.6 is 0 Å². The third kappa shape index (κ3) is 3.53. The van der Waals surface area contributed by atoms with E-state index in [9.17, 15) is 9.59 Å². The normalized spacial score (nSPS) is 35.7. The summed E-state index contributed by atoms with van der Waals surface area (Å²) in [6.45, 7) is 8.00. The molecule has 0 aromatic rings. The van der Waals surface area contributed by atoms with Gasteiger partial charge in [-0.1, -0.05) is 23.8 Å². The van der Waals surface area contributed by atoms with E-state index in [0.717, 1.165) is 36.8 Å². The molecule has 128 valence electrons. The van der Waals surface area contributed by atoms with Crippen LogP contribution in [0.15, 0.2) is 47.1 Å². The van der Waals surface area contributed by atoms with Crippen molar-refractivity contribution in [3.8, 4) is 0 Å². The van der Waals surface area contributed by atoms with Crippen molar-refractivity contribution in [1.82, 2.24) is 0 Å². The van der Waals surface area contributed by atoms with E-state index in [0.29, 0.717) is 12.0 Å². The Morgan fingerprint density at radius 3 is 2.62 bits per heavy atom. The van der Waals surface area contributed by atoms with Gasteiger partial charge in [0.15, 0.2) is 0 Å². The molecule has 24 heavy (non-hydrogen) atoms. The van der Waals surface area contributed by atoms with Crippen molar-refractivity contribution in [3.05, 3.63) is 47.1 Å². The molecule has 2 bridgehead atoms. The molecule has 1 aliphatic carbocycles. The lowest BCUT2D eigenvalue weighted by atomic mass is 9.89. The Hall–Kier alpha value is -2.10. The van der Waals surface area contributed by atoms with Crippen molar-refractivity contribution < 1.29 is 19.1 Å².